The average molecular weight is 494 g/mol. The molecule has 0 spiro atoms. The average Bonchev–Trinajstić information content (AvgIpc) is 3.41. The quantitative estimate of drug-likeness (QED) is 0.343. The lowest BCUT2D eigenvalue weighted by Gasteiger charge is -2.34. The highest BCUT2D eigenvalue weighted by Gasteiger charge is 2.59. The minimum Gasteiger partial charge on any atom is -0.394 e. The lowest BCUT2D eigenvalue weighted by molar-refractivity contribution is -0.365. The van der Waals surface area contributed by atoms with Gasteiger partial charge in [-0.2, -0.15) is 0 Å². The Bertz CT molecular complexity index is 1650. The van der Waals surface area contributed by atoms with Gasteiger partial charge < -0.3 is 35.2 Å². The monoisotopic (exact) mass is 494 g/mol. The molecule has 0 unspecified atom stereocenters. The van der Waals surface area contributed by atoms with Gasteiger partial charge in [-0.05, 0) is 76.2 Å². The van der Waals surface area contributed by atoms with Crippen molar-refractivity contribution in [2.75, 3.05) is 0 Å². The molecule has 4 aliphatic heterocycles. The predicted octanol–water partition coefficient (Wildman–Crippen LogP) is 5.98. The minimum atomic E-state index is -4.16. The fourth-order valence-corrected chi connectivity index (χ4v) is 7.04. The molecule has 0 aromatic carbocycles. The van der Waals surface area contributed by atoms with Gasteiger partial charge in [-0.3, -0.25) is 0 Å². The lowest BCUT2D eigenvalue weighted by atomic mass is 9.82. The van der Waals surface area contributed by atoms with E-state index in [0.29, 0.717) is 73.4 Å². The molecule has 0 radical (unpaired) electrons. The summed E-state index contributed by atoms with van der Waals surface area (Å²) in [6, 6.07) is 3.53. The number of nitrogens with zero attached hydrogens (tertiary/aromatic N) is 4. The largest absolute Gasteiger partial charge is 0.737 e. The second-order valence-corrected chi connectivity index (χ2v) is 10.6. The SMILES string of the molecule is CC1=CC(C)=[N+]2C1=C(C1=C(C)C3=Cc4c(C)cc(C)n4[B-](F)(F)[N+]3=C1C)c1c(C)cc(C)n1[B-]2(F)F. The van der Waals surface area contributed by atoms with E-state index in [2.05, 4.69) is 0 Å². The summed E-state index contributed by atoms with van der Waals surface area (Å²) in [6.45, 7) is 5.71. The molecular formula is C26H28B2F4N4. The van der Waals surface area contributed by atoms with Crippen molar-refractivity contribution >= 4 is 37.0 Å². The topological polar surface area (TPSA) is 15.9 Å². The van der Waals surface area contributed by atoms with E-state index in [4.69, 9.17) is 0 Å². The van der Waals surface area contributed by atoms with Crippen LogP contribution in [0.4, 0.5) is 17.3 Å². The third-order valence-electron chi connectivity index (χ3n) is 8.29. The van der Waals surface area contributed by atoms with Gasteiger partial charge in [0.25, 0.3) is 0 Å². The molecule has 6 heterocycles. The first-order valence-corrected chi connectivity index (χ1v) is 12.3. The van der Waals surface area contributed by atoms with Crippen LogP contribution in [0.25, 0.3) is 11.6 Å². The van der Waals surface area contributed by atoms with Crippen molar-refractivity contribution in [2.45, 2.75) is 55.4 Å². The molecule has 0 fully saturated rings. The van der Waals surface area contributed by atoms with E-state index in [9.17, 15) is 0 Å². The summed E-state index contributed by atoms with van der Waals surface area (Å²) in [7, 11) is 0. The van der Waals surface area contributed by atoms with Crippen LogP contribution in [0.15, 0.2) is 46.3 Å². The summed E-state index contributed by atoms with van der Waals surface area (Å²) in [4.78, 5) is 0. The number of allylic oxidation sites excluding steroid dienone is 5. The normalized spacial score (nSPS) is 21.7. The Morgan fingerprint density at radius 3 is 1.94 bits per heavy atom. The molecule has 6 rings (SSSR count). The van der Waals surface area contributed by atoms with Gasteiger partial charge in [-0.1, -0.05) is 0 Å². The van der Waals surface area contributed by atoms with E-state index >= 15 is 17.3 Å². The highest BCUT2D eigenvalue weighted by Crippen LogP contribution is 2.49. The molecule has 0 atom stereocenters. The smallest absolute Gasteiger partial charge is 0.394 e. The summed E-state index contributed by atoms with van der Waals surface area (Å²) in [5.74, 6) is 0. The third kappa shape index (κ3) is 2.47. The van der Waals surface area contributed by atoms with Crippen molar-refractivity contribution < 1.29 is 26.2 Å². The lowest BCUT2D eigenvalue weighted by Crippen LogP contribution is -2.52. The molecule has 2 aromatic heterocycles. The van der Waals surface area contributed by atoms with Crippen LogP contribution < -0.4 is 0 Å². The molecule has 36 heavy (non-hydrogen) atoms. The fourth-order valence-electron chi connectivity index (χ4n) is 7.04. The predicted molar refractivity (Wildman–Crippen MR) is 138 cm³/mol. The fraction of sp³-hybridized carbons (Fsp3) is 0.308. The number of aromatic nitrogens is 2. The maximum Gasteiger partial charge on any atom is 0.737 e. The Balaban J connectivity index is 1.74. The van der Waals surface area contributed by atoms with Crippen LogP contribution in [0.1, 0.15) is 61.6 Å². The second-order valence-electron chi connectivity index (χ2n) is 10.6. The summed E-state index contributed by atoms with van der Waals surface area (Å²) in [5, 5.41) is 0. The van der Waals surface area contributed by atoms with Crippen molar-refractivity contribution in [3.63, 3.8) is 0 Å². The molecule has 0 amide bonds. The molecule has 0 saturated heterocycles. The standard InChI is InChI=1S/C26H28B2F4N4/c1-13-9-16(4)33-21(13)12-22-19(7)23(20(8)36(22)27(33,29)30)24-25-14(2)10-17(5)34(25)28(31,32)35-18(6)11-15(3)26(24)35/h9-12H,1-8H3. The van der Waals surface area contributed by atoms with Crippen molar-refractivity contribution in [1.29, 1.82) is 0 Å². The van der Waals surface area contributed by atoms with Gasteiger partial charge in [0.05, 0.1) is 11.1 Å². The van der Waals surface area contributed by atoms with Crippen LogP contribution in [0, 0.1) is 27.7 Å². The van der Waals surface area contributed by atoms with Crippen LogP contribution in [0.5, 0.6) is 0 Å². The van der Waals surface area contributed by atoms with Crippen molar-refractivity contribution in [1.82, 2.24) is 8.96 Å². The van der Waals surface area contributed by atoms with Crippen LogP contribution in [0.3, 0.4) is 0 Å². The Morgan fingerprint density at radius 2 is 1.28 bits per heavy atom. The zero-order valence-corrected chi connectivity index (χ0v) is 21.8. The van der Waals surface area contributed by atoms with Gasteiger partial charge in [0, 0.05) is 48.5 Å². The zero-order valence-electron chi connectivity index (χ0n) is 21.8. The molecular weight excluding hydrogens is 466 g/mol. The maximum absolute atomic E-state index is 16.2. The van der Waals surface area contributed by atoms with Crippen molar-refractivity contribution in [2.24, 2.45) is 0 Å². The molecule has 0 N–H and O–H groups in total. The highest BCUT2D eigenvalue weighted by atomic mass is 19.3. The third-order valence-corrected chi connectivity index (χ3v) is 8.29. The Morgan fingerprint density at radius 1 is 0.694 bits per heavy atom. The summed E-state index contributed by atoms with van der Waals surface area (Å²) in [5.41, 5.74) is 7.55. The summed E-state index contributed by atoms with van der Waals surface area (Å²) in [6.07, 6.45) is 3.56. The van der Waals surface area contributed by atoms with Gasteiger partial charge in [-0.25, -0.2) is 0 Å². The molecule has 4 aliphatic rings. The zero-order chi connectivity index (χ0) is 26.2. The number of hydrogen-bond acceptors (Lipinski definition) is 0. The van der Waals surface area contributed by atoms with Crippen LogP contribution in [-0.2, 0) is 0 Å². The summed E-state index contributed by atoms with van der Waals surface area (Å²) < 4.78 is 69.0. The van der Waals surface area contributed by atoms with Gasteiger partial charge in [-0.15, -0.1) is 0 Å². The van der Waals surface area contributed by atoms with E-state index in [1.807, 2.05) is 33.8 Å². The first kappa shape index (κ1) is 23.1. The van der Waals surface area contributed by atoms with Crippen molar-refractivity contribution in [3.8, 4) is 0 Å². The van der Waals surface area contributed by atoms with Crippen LogP contribution in [0.2, 0.25) is 0 Å². The molecule has 0 saturated carbocycles. The van der Waals surface area contributed by atoms with Gasteiger partial charge in [0.2, 0.25) is 0 Å². The Hall–Kier alpha value is -3.29. The molecule has 4 nitrogen and oxygen atoms in total. The molecule has 10 heteroatoms. The van der Waals surface area contributed by atoms with Gasteiger partial charge >= 0.3 is 13.9 Å². The number of fused-ring (bicyclic) bond motifs is 4. The maximum atomic E-state index is 16.2. The van der Waals surface area contributed by atoms with E-state index < -0.39 is 13.9 Å². The first-order chi connectivity index (χ1) is 16.7. The van der Waals surface area contributed by atoms with Crippen LogP contribution in [-0.4, -0.2) is 43.3 Å². The molecule has 0 bridgehead atoms. The van der Waals surface area contributed by atoms with Crippen LogP contribution >= 0.6 is 0 Å². The number of aryl methyl sites for hydroxylation is 4. The van der Waals surface area contributed by atoms with Gasteiger partial charge in [0.15, 0.2) is 11.4 Å². The summed E-state index contributed by atoms with van der Waals surface area (Å²) >= 11 is 0. The van der Waals surface area contributed by atoms with Crippen molar-refractivity contribution in [3.05, 3.63) is 80.2 Å². The first-order valence-electron chi connectivity index (χ1n) is 12.3. The Kier molecular flexibility index (Phi) is 4.32. The van der Waals surface area contributed by atoms with Gasteiger partial charge in [0.1, 0.15) is 11.4 Å². The number of halogens is 4. The van der Waals surface area contributed by atoms with E-state index in [-0.39, 0.29) is 0 Å². The molecule has 186 valence electrons. The second kappa shape index (κ2) is 6.72. The van der Waals surface area contributed by atoms with E-state index in [1.54, 1.807) is 45.9 Å². The number of hydrogen-bond donors (Lipinski definition) is 0. The van der Waals surface area contributed by atoms with E-state index in [1.165, 1.54) is 0 Å². The Labute approximate surface area is 208 Å². The number of rotatable bonds is 1. The highest BCUT2D eigenvalue weighted by molar-refractivity contribution is 6.59. The van der Waals surface area contributed by atoms with E-state index in [0.717, 1.165) is 23.5 Å². The molecule has 2 aromatic rings. The molecule has 0 aliphatic carbocycles. The minimum absolute atomic E-state index is 0.377.